The highest BCUT2D eigenvalue weighted by Gasteiger charge is 2.35. The van der Waals surface area contributed by atoms with Gasteiger partial charge in [0.15, 0.2) is 0 Å². The van der Waals surface area contributed by atoms with Gasteiger partial charge in [-0.3, -0.25) is 15.5 Å². The van der Waals surface area contributed by atoms with Crippen molar-refractivity contribution in [2.24, 2.45) is 5.10 Å². The van der Waals surface area contributed by atoms with E-state index in [4.69, 9.17) is 0 Å². The number of hydrazone groups is 1. The number of nitrogens with one attached hydrogen (secondary N) is 1. The number of aromatic nitrogens is 1. The fourth-order valence-electron chi connectivity index (χ4n) is 3.99. The van der Waals surface area contributed by atoms with E-state index in [9.17, 15) is 10.1 Å². The first-order chi connectivity index (χ1) is 12.8. The number of hydrogen-bond acceptors (Lipinski definition) is 6. The quantitative estimate of drug-likeness (QED) is 0.476. The van der Waals surface area contributed by atoms with Crippen LogP contribution in [0.5, 0.6) is 0 Å². The summed E-state index contributed by atoms with van der Waals surface area (Å²) in [4.78, 5) is 17.0. The predicted molar refractivity (Wildman–Crippen MR) is 109 cm³/mol. The lowest BCUT2D eigenvalue weighted by Crippen LogP contribution is -2.48. The Kier molecular flexibility index (Phi) is 5.12. The number of anilines is 2. The van der Waals surface area contributed by atoms with Gasteiger partial charge in [0, 0.05) is 30.0 Å². The molecule has 0 fully saturated rings. The number of pyridine rings is 1. The molecule has 1 atom stereocenters. The molecule has 0 amide bonds. The van der Waals surface area contributed by atoms with Crippen LogP contribution in [0.1, 0.15) is 51.2 Å². The van der Waals surface area contributed by atoms with Crippen LogP contribution in [0.4, 0.5) is 17.2 Å². The van der Waals surface area contributed by atoms with Gasteiger partial charge < -0.3 is 4.90 Å². The van der Waals surface area contributed by atoms with Crippen LogP contribution in [0.3, 0.4) is 0 Å². The first-order valence-electron chi connectivity index (χ1n) is 9.13. The number of benzene rings is 1. The Balaban J connectivity index is 1.83. The summed E-state index contributed by atoms with van der Waals surface area (Å²) in [5.74, 6) is 0.583. The lowest BCUT2D eigenvalue weighted by molar-refractivity contribution is -0.384. The first kappa shape index (κ1) is 18.8. The molecule has 142 valence electrons. The number of fused-ring (bicyclic) bond motifs is 1. The standard InChI is InChI=1S/C20H25N5O2/c1-5-24-17-9-8-15(11-16(17)14(2)12-20(24,3)4)13-22-23-19-18(25(26)27)7-6-10-21-19/h6-11,13-14H,5,12H2,1-4H3,(H,21,23)/b22-13-/t14-/m1/s1. The van der Waals surface area contributed by atoms with E-state index in [1.54, 1.807) is 6.21 Å². The van der Waals surface area contributed by atoms with Gasteiger partial charge in [-0.1, -0.05) is 13.0 Å². The second-order valence-corrected chi connectivity index (χ2v) is 7.48. The minimum Gasteiger partial charge on any atom is -0.366 e. The predicted octanol–water partition coefficient (Wildman–Crippen LogP) is 4.55. The van der Waals surface area contributed by atoms with Crippen LogP contribution in [-0.2, 0) is 0 Å². The van der Waals surface area contributed by atoms with Crippen LogP contribution in [-0.4, -0.2) is 28.2 Å². The fraction of sp³-hybridized carbons (Fsp3) is 0.400. The van der Waals surface area contributed by atoms with Crippen molar-refractivity contribution in [1.29, 1.82) is 0 Å². The van der Waals surface area contributed by atoms with Crippen LogP contribution < -0.4 is 10.3 Å². The highest BCUT2D eigenvalue weighted by Crippen LogP contribution is 2.43. The van der Waals surface area contributed by atoms with Crippen molar-refractivity contribution >= 4 is 23.4 Å². The third-order valence-electron chi connectivity index (χ3n) is 5.09. The Labute approximate surface area is 159 Å². The van der Waals surface area contributed by atoms with E-state index in [1.165, 1.54) is 29.6 Å². The molecule has 1 N–H and O–H groups in total. The Morgan fingerprint density at radius 1 is 1.44 bits per heavy atom. The minimum atomic E-state index is -0.480. The molecular weight excluding hydrogens is 342 g/mol. The molecule has 0 saturated heterocycles. The van der Waals surface area contributed by atoms with Crippen molar-refractivity contribution in [2.75, 3.05) is 16.9 Å². The molecule has 7 nitrogen and oxygen atoms in total. The summed E-state index contributed by atoms with van der Waals surface area (Å²) in [5, 5.41) is 15.2. The minimum absolute atomic E-state index is 0.102. The van der Waals surface area contributed by atoms with Crippen molar-refractivity contribution in [3.05, 3.63) is 57.8 Å². The molecule has 1 aliphatic heterocycles. The molecule has 1 aliphatic rings. The average molecular weight is 367 g/mol. The van der Waals surface area contributed by atoms with Crippen molar-refractivity contribution in [3.63, 3.8) is 0 Å². The highest BCUT2D eigenvalue weighted by molar-refractivity contribution is 5.82. The maximum absolute atomic E-state index is 11.0. The number of rotatable bonds is 5. The topological polar surface area (TPSA) is 83.7 Å². The van der Waals surface area contributed by atoms with Crippen LogP contribution in [0.25, 0.3) is 0 Å². The molecule has 0 bridgehead atoms. The van der Waals surface area contributed by atoms with Gasteiger partial charge in [-0.05, 0) is 62.4 Å². The van der Waals surface area contributed by atoms with Crippen molar-refractivity contribution < 1.29 is 4.92 Å². The van der Waals surface area contributed by atoms with E-state index < -0.39 is 4.92 Å². The summed E-state index contributed by atoms with van der Waals surface area (Å²) in [6, 6.07) is 9.23. The summed E-state index contributed by atoms with van der Waals surface area (Å²) in [7, 11) is 0. The molecule has 0 spiro atoms. The molecule has 0 saturated carbocycles. The van der Waals surface area contributed by atoms with Crippen molar-refractivity contribution in [3.8, 4) is 0 Å². The van der Waals surface area contributed by atoms with Crippen molar-refractivity contribution in [2.45, 2.75) is 45.6 Å². The van der Waals surface area contributed by atoms with E-state index in [-0.39, 0.29) is 17.0 Å². The third-order valence-corrected chi connectivity index (χ3v) is 5.09. The molecule has 0 unspecified atom stereocenters. The summed E-state index contributed by atoms with van der Waals surface area (Å²) >= 11 is 0. The van der Waals surface area contributed by atoms with E-state index in [0.29, 0.717) is 5.92 Å². The lowest BCUT2D eigenvalue weighted by Gasteiger charge is -2.47. The molecule has 1 aromatic carbocycles. The maximum Gasteiger partial charge on any atom is 0.313 e. The number of hydrogen-bond donors (Lipinski definition) is 1. The molecule has 27 heavy (non-hydrogen) atoms. The second-order valence-electron chi connectivity index (χ2n) is 7.48. The smallest absolute Gasteiger partial charge is 0.313 e. The fourth-order valence-corrected chi connectivity index (χ4v) is 3.99. The zero-order chi connectivity index (χ0) is 19.6. The summed E-state index contributed by atoms with van der Waals surface area (Å²) in [6.45, 7) is 9.97. The van der Waals surface area contributed by atoms with Crippen LogP contribution >= 0.6 is 0 Å². The second kappa shape index (κ2) is 7.34. The largest absolute Gasteiger partial charge is 0.366 e. The Morgan fingerprint density at radius 3 is 2.93 bits per heavy atom. The number of nitrogens with zero attached hydrogens (tertiary/aromatic N) is 4. The van der Waals surface area contributed by atoms with Crippen LogP contribution in [0.15, 0.2) is 41.6 Å². The van der Waals surface area contributed by atoms with Gasteiger partial charge in [-0.25, -0.2) is 4.98 Å². The van der Waals surface area contributed by atoms with Crippen LogP contribution in [0, 0.1) is 10.1 Å². The van der Waals surface area contributed by atoms with Crippen LogP contribution in [0.2, 0.25) is 0 Å². The van der Waals surface area contributed by atoms with Gasteiger partial charge in [-0.2, -0.15) is 5.10 Å². The van der Waals surface area contributed by atoms with Gasteiger partial charge in [0.25, 0.3) is 0 Å². The zero-order valence-corrected chi connectivity index (χ0v) is 16.1. The average Bonchev–Trinajstić information content (AvgIpc) is 2.62. The third kappa shape index (κ3) is 3.77. The molecule has 1 aromatic heterocycles. The van der Waals surface area contributed by atoms with Gasteiger partial charge in [0.1, 0.15) is 0 Å². The highest BCUT2D eigenvalue weighted by atomic mass is 16.6. The number of nitro groups is 1. The summed E-state index contributed by atoms with van der Waals surface area (Å²) < 4.78 is 0. The van der Waals surface area contributed by atoms with E-state index in [0.717, 1.165) is 18.5 Å². The van der Waals surface area contributed by atoms with Gasteiger partial charge in [0.05, 0.1) is 11.1 Å². The lowest BCUT2D eigenvalue weighted by atomic mass is 9.79. The normalized spacial score (nSPS) is 18.4. The first-order valence-corrected chi connectivity index (χ1v) is 9.13. The van der Waals surface area contributed by atoms with Crippen molar-refractivity contribution in [1.82, 2.24) is 4.98 Å². The molecule has 2 aromatic rings. The maximum atomic E-state index is 11.0. The molecular formula is C20H25N5O2. The van der Waals surface area contributed by atoms with Gasteiger partial charge in [-0.15, -0.1) is 0 Å². The van der Waals surface area contributed by atoms with E-state index in [1.807, 2.05) is 6.07 Å². The summed E-state index contributed by atoms with van der Waals surface area (Å²) in [5.41, 5.74) is 6.23. The monoisotopic (exact) mass is 367 g/mol. The molecule has 0 radical (unpaired) electrons. The zero-order valence-electron chi connectivity index (χ0n) is 16.1. The molecule has 0 aliphatic carbocycles. The van der Waals surface area contributed by atoms with E-state index >= 15 is 0 Å². The Morgan fingerprint density at radius 2 is 2.22 bits per heavy atom. The summed E-state index contributed by atoms with van der Waals surface area (Å²) in [6.07, 6.45) is 4.25. The molecule has 3 rings (SSSR count). The van der Waals surface area contributed by atoms with Gasteiger partial charge >= 0.3 is 5.69 Å². The Bertz CT molecular complexity index is 878. The van der Waals surface area contributed by atoms with Gasteiger partial charge in [0.2, 0.25) is 5.82 Å². The van der Waals surface area contributed by atoms with E-state index in [2.05, 4.69) is 60.2 Å². The SMILES string of the molecule is CCN1c2ccc(/C=N\Nc3ncccc3[N+](=O)[O-])cc2[C@H](C)CC1(C)C. The molecule has 7 heteroatoms. The molecule has 2 heterocycles. The Hall–Kier alpha value is -2.96.